The molecule has 1 aliphatic heterocycles. The number of ether oxygens (including phenoxy) is 3. The van der Waals surface area contributed by atoms with Crippen LogP contribution in [0.25, 0.3) is 28.2 Å². The number of thiazole rings is 1. The molecule has 0 fully saturated rings. The van der Waals surface area contributed by atoms with E-state index in [2.05, 4.69) is 43.1 Å². The molecule has 8 nitrogen and oxygen atoms in total. The highest BCUT2D eigenvalue weighted by Crippen LogP contribution is 2.38. The van der Waals surface area contributed by atoms with Crippen LogP contribution in [0.1, 0.15) is 42.1 Å². The molecule has 1 atom stereocenters. The van der Waals surface area contributed by atoms with Crippen molar-refractivity contribution in [3.05, 3.63) is 114 Å². The number of aromatic nitrogens is 2. The molecule has 2 aromatic heterocycles. The maximum Gasteiger partial charge on any atom is 0.338 e. The lowest BCUT2D eigenvalue weighted by Crippen LogP contribution is -2.40. The number of benzene rings is 3. The molecule has 5 aromatic rings. The van der Waals surface area contributed by atoms with Crippen LogP contribution in [0.4, 0.5) is 0 Å². The predicted octanol–water partition coefficient (Wildman–Crippen LogP) is 5.58. The number of esters is 1. The summed E-state index contributed by atoms with van der Waals surface area (Å²) in [5.41, 5.74) is 7.28. The normalized spacial score (nSPS) is 14.9. The van der Waals surface area contributed by atoms with Crippen LogP contribution in [0.5, 0.6) is 11.5 Å². The Kier molecular flexibility index (Phi) is 7.73. The fraction of sp³-hybridized carbons (Fsp3) is 0.229. The molecule has 0 saturated carbocycles. The van der Waals surface area contributed by atoms with Gasteiger partial charge in [-0.3, -0.25) is 9.36 Å². The van der Waals surface area contributed by atoms with Crippen LogP contribution >= 0.6 is 11.3 Å². The SMILES string of the molecule is CCOC(=O)C1=C(C)N=c2s/c(=C/c3c(-c4ccccc4)[nH]c4c(C)cc(C)cc34)c(=O)n2[C@H]1c1ccc(OC)cc1OC. The number of allylic oxidation sites excluding steroid dienone is 1. The predicted molar refractivity (Wildman–Crippen MR) is 173 cm³/mol. The smallest absolute Gasteiger partial charge is 0.338 e. The summed E-state index contributed by atoms with van der Waals surface area (Å²) >= 11 is 1.29. The largest absolute Gasteiger partial charge is 0.497 e. The van der Waals surface area contributed by atoms with Gasteiger partial charge in [0, 0.05) is 28.1 Å². The number of fused-ring (bicyclic) bond motifs is 2. The van der Waals surface area contributed by atoms with Gasteiger partial charge in [0.05, 0.1) is 42.3 Å². The third-order valence-electron chi connectivity index (χ3n) is 7.88. The zero-order valence-electron chi connectivity index (χ0n) is 25.5. The van der Waals surface area contributed by atoms with E-state index in [0.29, 0.717) is 32.1 Å². The number of rotatable bonds is 7. The first-order valence-electron chi connectivity index (χ1n) is 14.4. The summed E-state index contributed by atoms with van der Waals surface area (Å²) in [6, 6.07) is 18.9. The molecule has 0 amide bonds. The van der Waals surface area contributed by atoms with Gasteiger partial charge in [-0.2, -0.15) is 0 Å². The van der Waals surface area contributed by atoms with Gasteiger partial charge in [-0.05, 0) is 63.1 Å². The number of hydrogen-bond donors (Lipinski definition) is 1. The van der Waals surface area contributed by atoms with Crippen molar-refractivity contribution in [1.29, 1.82) is 0 Å². The Hall–Kier alpha value is -4.89. The third kappa shape index (κ3) is 4.93. The van der Waals surface area contributed by atoms with Crippen molar-refractivity contribution in [1.82, 2.24) is 9.55 Å². The summed E-state index contributed by atoms with van der Waals surface area (Å²) in [4.78, 5) is 36.7. The lowest BCUT2D eigenvalue weighted by molar-refractivity contribution is -0.139. The van der Waals surface area contributed by atoms with Crippen molar-refractivity contribution in [2.24, 2.45) is 4.99 Å². The summed E-state index contributed by atoms with van der Waals surface area (Å²) in [7, 11) is 3.12. The third-order valence-corrected chi connectivity index (χ3v) is 8.86. The highest BCUT2D eigenvalue weighted by molar-refractivity contribution is 7.07. The average molecular weight is 608 g/mol. The van der Waals surface area contributed by atoms with Gasteiger partial charge in [-0.15, -0.1) is 0 Å². The molecule has 1 aliphatic rings. The second kappa shape index (κ2) is 11.7. The van der Waals surface area contributed by atoms with E-state index < -0.39 is 12.0 Å². The van der Waals surface area contributed by atoms with Crippen LogP contribution in [0.2, 0.25) is 0 Å². The molecule has 0 spiro atoms. The van der Waals surface area contributed by atoms with Crippen LogP contribution in [-0.4, -0.2) is 36.3 Å². The Bertz CT molecular complexity index is 2140. The zero-order valence-corrected chi connectivity index (χ0v) is 26.3. The monoisotopic (exact) mass is 607 g/mol. The van der Waals surface area contributed by atoms with E-state index in [0.717, 1.165) is 38.9 Å². The molecular formula is C35H33N3O5S. The minimum absolute atomic E-state index is 0.189. The molecule has 6 rings (SSSR count). The van der Waals surface area contributed by atoms with Crippen molar-refractivity contribution in [2.75, 3.05) is 20.8 Å². The molecule has 3 heterocycles. The molecule has 1 N–H and O–H groups in total. The summed E-state index contributed by atoms with van der Waals surface area (Å²) in [5.74, 6) is 0.545. The minimum Gasteiger partial charge on any atom is -0.497 e. The van der Waals surface area contributed by atoms with Gasteiger partial charge in [-0.25, -0.2) is 9.79 Å². The second-order valence-electron chi connectivity index (χ2n) is 10.7. The number of aryl methyl sites for hydroxylation is 2. The van der Waals surface area contributed by atoms with Crippen molar-refractivity contribution < 1.29 is 19.0 Å². The van der Waals surface area contributed by atoms with E-state index in [1.54, 1.807) is 44.8 Å². The average Bonchev–Trinajstić information content (AvgIpc) is 3.53. The van der Waals surface area contributed by atoms with Gasteiger partial charge < -0.3 is 19.2 Å². The van der Waals surface area contributed by atoms with E-state index in [1.165, 1.54) is 11.3 Å². The first kappa shape index (κ1) is 29.2. The van der Waals surface area contributed by atoms with Gasteiger partial charge in [0.2, 0.25) is 0 Å². The molecule has 0 unspecified atom stereocenters. The van der Waals surface area contributed by atoms with Crippen LogP contribution < -0.4 is 24.4 Å². The Labute approximate surface area is 258 Å². The molecular weight excluding hydrogens is 574 g/mol. The van der Waals surface area contributed by atoms with Gasteiger partial charge >= 0.3 is 5.97 Å². The number of methoxy groups -OCH3 is 2. The van der Waals surface area contributed by atoms with Crippen molar-refractivity contribution >= 4 is 34.3 Å². The Balaban J connectivity index is 1.65. The van der Waals surface area contributed by atoms with E-state index in [9.17, 15) is 9.59 Å². The molecule has 0 bridgehead atoms. The van der Waals surface area contributed by atoms with Gasteiger partial charge in [-0.1, -0.05) is 53.3 Å². The molecule has 3 aromatic carbocycles. The van der Waals surface area contributed by atoms with E-state index >= 15 is 0 Å². The quantitative estimate of drug-likeness (QED) is 0.244. The van der Waals surface area contributed by atoms with Crippen LogP contribution in [0.15, 0.2) is 81.7 Å². The molecule has 0 aliphatic carbocycles. The Morgan fingerprint density at radius 2 is 1.82 bits per heavy atom. The molecule has 0 radical (unpaired) electrons. The van der Waals surface area contributed by atoms with Gasteiger partial charge in [0.25, 0.3) is 5.56 Å². The van der Waals surface area contributed by atoms with Crippen LogP contribution in [0, 0.1) is 13.8 Å². The fourth-order valence-electron chi connectivity index (χ4n) is 5.92. The second-order valence-corrected chi connectivity index (χ2v) is 11.7. The highest BCUT2D eigenvalue weighted by atomic mass is 32.1. The number of aromatic amines is 1. The Morgan fingerprint density at radius 3 is 2.52 bits per heavy atom. The maximum absolute atomic E-state index is 14.4. The lowest BCUT2D eigenvalue weighted by atomic mass is 9.95. The number of H-pyrrole nitrogens is 1. The number of carbonyl (C=O) groups excluding carboxylic acids is 1. The summed E-state index contributed by atoms with van der Waals surface area (Å²) < 4.78 is 18.7. The first-order chi connectivity index (χ1) is 21.2. The fourth-order valence-corrected chi connectivity index (χ4v) is 6.94. The first-order valence-corrected chi connectivity index (χ1v) is 15.2. The standard InChI is InChI=1S/C35H33N3O5S/c1-7-43-34(40)29-21(4)36-35-38(32(29)24-14-13-23(41-5)17-27(24)42-6)33(39)28(44-35)18-26-25-16-19(2)15-20(3)30(25)37-31(26)22-11-9-8-10-12-22/h8-18,32,37H,7H2,1-6H3/b28-18+/t32-/m0/s1. The highest BCUT2D eigenvalue weighted by Gasteiger charge is 2.35. The van der Waals surface area contributed by atoms with Crippen molar-refractivity contribution in [2.45, 2.75) is 33.7 Å². The number of nitrogens with one attached hydrogen (secondary N) is 1. The zero-order chi connectivity index (χ0) is 31.1. The summed E-state index contributed by atoms with van der Waals surface area (Å²) in [6.45, 7) is 7.86. The topological polar surface area (TPSA) is 94.9 Å². The molecule has 44 heavy (non-hydrogen) atoms. The van der Waals surface area contributed by atoms with Gasteiger partial charge in [0.15, 0.2) is 4.80 Å². The minimum atomic E-state index is -0.811. The summed E-state index contributed by atoms with van der Waals surface area (Å²) in [6.07, 6.45) is 1.94. The maximum atomic E-state index is 14.4. The van der Waals surface area contributed by atoms with Crippen LogP contribution in [0.3, 0.4) is 0 Å². The van der Waals surface area contributed by atoms with E-state index in [1.807, 2.05) is 30.3 Å². The number of nitrogens with zero attached hydrogens (tertiary/aromatic N) is 2. The molecule has 9 heteroatoms. The van der Waals surface area contributed by atoms with Gasteiger partial charge in [0.1, 0.15) is 17.5 Å². The van der Waals surface area contributed by atoms with E-state index in [-0.39, 0.29) is 17.7 Å². The number of carbonyl (C=O) groups is 1. The molecule has 0 saturated heterocycles. The lowest BCUT2D eigenvalue weighted by Gasteiger charge is -2.26. The number of hydrogen-bond acceptors (Lipinski definition) is 7. The van der Waals surface area contributed by atoms with Crippen molar-refractivity contribution in [3.63, 3.8) is 0 Å². The Morgan fingerprint density at radius 1 is 1.05 bits per heavy atom. The summed E-state index contributed by atoms with van der Waals surface area (Å²) in [5, 5.41) is 1.03. The van der Waals surface area contributed by atoms with Crippen LogP contribution in [-0.2, 0) is 9.53 Å². The van der Waals surface area contributed by atoms with Crippen molar-refractivity contribution in [3.8, 4) is 22.8 Å². The van der Waals surface area contributed by atoms with E-state index in [4.69, 9.17) is 19.2 Å². The molecule has 224 valence electrons.